The van der Waals surface area contributed by atoms with Crippen molar-refractivity contribution in [2.24, 2.45) is 0 Å². The maximum atomic E-state index is 12.3. The third-order valence-electron chi connectivity index (χ3n) is 3.88. The summed E-state index contributed by atoms with van der Waals surface area (Å²) < 4.78 is 0. The Balaban J connectivity index is 0.00000162. The van der Waals surface area contributed by atoms with Crippen LogP contribution < -0.4 is 16.0 Å². The molecule has 2 fully saturated rings. The van der Waals surface area contributed by atoms with Gasteiger partial charge in [-0.15, -0.1) is 12.4 Å². The molecule has 0 bridgehead atoms. The van der Waals surface area contributed by atoms with E-state index in [1.165, 1.54) is 0 Å². The lowest BCUT2D eigenvalue weighted by Crippen LogP contribution is -2.58. The highest BCUT2D eigenvalue weighted by Crippen LogP contribution is 2.23. The second kappa shape index (κ2) is 6.38. The van der Waals surface area contributed by atoms with Gasteiger partial charge < -0.3 is 16.0 Å². The minimum Gasteiger partial charge on any atom is -0.354 e. The number of piperidine rings is 1. The van der Waals surface area contributed by atoms with Gasteiger partial charge in [0.15, 0.2) is 0 Å². The molecule has 6 heteroatoms. The van der Waals surface area contributed by atoms with Crippen LogP contribution in [0.25, 0.3) is 0 Å². The van der Waals surface area contributed by atoms with E-state index in [0.717, 1.165) is 32.2 Å². The van der Waals surface area contributed by atoms with E-state index >= 15 is 0 Å². The van der Waals surface area contributed by atoms with Crippen LogP contribution in [0, 0.1) is 0 Å². The van der Waals surface area contributed by atoms with Gasteiger partial charge in [0.2, 0.25) is 11.8 Å². The van der Waals surface area contributed by atoms with Crippen LogP contribution in [0.3, 0.4) is 0 Å². The Hall–Kier alpha value is -0.810. The minimum absolute atomic E-state index is 0. The number of nitrogens with one attached hydrogen (secondary N) is 3. The lowest BCUT2D eigenvalue weighted by Gasteiger charge is -2.31. The molecule has 2 heterocycles. The van der Waals surface area contributed by atoms with Crippen molar-refractivity contribution in [3.8, 4) is 0 Å². The lowest BCUT2D eigenvalue weighted by atomic mass is 9.92. The van der Waals surface area contributed by atoms with Gasteiger partial charge in [0.05, 0.1) is 5.54 Å². The molecule has 2 aliphatic heterocycles. The fourth-order valence-corrected chi connectivity index (χ4v) is 2.64. The summed E-state index contributed by atoms with van der Waals surface area (Å²) >= 11 is 0. The molecule has 2 amide bonds. The number of hydrogen-bond acceptors (Lipinski definition) is 3. The smallest absolute Gasteiger partial charge is 0.240 e. The van der Waals surface area contributed by atoms with E-state index in [-0.39, 0.29) is 35.8 Å². The van der Waals surface area contributed by atoms with Crippen molar-refractivity contribution in [2.45, 2.75) is 50.6 Å². The number of rotatable bonds is 3. The van der Waals surface area contributed by atoms with Gasteiger partial charge in [-0.25, -0.2) is 0 Å². The Labute approximate surface area is 114 Å². The summed E-state index contributed by atoms with van der Waals surface area (Å²) in [4.78, 5) is 23.3. The minimum atomic E-state index is -0.374. The molecule has 0 radical (unpaired) electrons. The number of halogens is 1. The van der Waals surface area contributed by atoms with Crippen molar-refractivity contribution in [3.05, 3.63) is 0 Å². The molecule has 0 aromatic rings. The van der Waals surface area contributed by atoms with Gasteiger partial charge in [0.25, 0.3) is 0 Å². The Morgan fingerprint density at radius 3 is 2.83 bits per heavy atom. The Morgan fingerprint density at radius 1 is 1.56 bits per heavy atom. The molecule has 0 aromatic heterocycles. The zero-order valence-corrected chi connectivity index (χ0v) is 11.6. The third-order valence-corrected chi connectivity index (χ3v) is 3.88. The maximum absolute atomic E-state index is 12.3. The highest BCUT2D eigenvalue weighted by Gasteiger charge is 2.39. The largest absolute Gasteiger partial charge is 0.354 e. The van der Waals surface area contributed by atoms with E-state index < -0.39 is 0 Å². The molecule has 0 aromatic carbocycles. The van der Waals surface area contributed by atoms with E-state index in [2.05, 4.69) is 16.0 Å². The van der Waals surface area contributed by atoms with E-state index in [1.807, 2.05) is 6.92 Å². The first kappa shape index (κ1) is 15.2. The summed E-state index contributed by atoms with van der Waals surface area (Å²) in [5.74, 6) is 0.179. The van der Waals surface area contributed by atoms with Gasteiger partial charge >= 0.3 is 0 Å². The van der Waals surface area contributed by atoms with E-state index in [9.17, 15) is 9.59 Å². The van der Waals surface area contributed by atoms with Crippen LogP contribution >= 0.6 is 12.4 Å². The van der Waals surface area contributed by atoms with Crippen LogP contribution in [0.5, 0.6) is 0 Å². The zero-order chi connectivity index (χ0) is 12.3. The summed E-state index contributed by atoms with van der Waals surface area (Å²) in [6.45, 7) is 3.52. The zero-order valence-electron chi connectivity index (χ0n) is 10.8. The fourth-order valence-electron chi connectivity index (χ4n) is 2.64. The molecule has 2 saturated heterocycles. The van der Waals surface area contributed by atoms with Crippen molar-refractivity contribution < 1.29 is 9.59 Å². The Morgan fingerprint density at radius 2 is 2.33 bits per heavy atom. The maximum Gasteiger partial charge on any atom is 0.240 e. The average molecular weight is 276 g/mol. The van der Waals surface area contributed by atoms with Crippen LogP contribution in [-0.4, -0.2) is 36.5 Å². The van der Waals surface area contributed by atoms with Gasteiger partial charge in [-0.05, 0) is 32.2 Å². The quantitative estimate of drug-likeness (QED) is 0.695. The molecule has 18 heavy (non-hydrogen) atoms. The molecule has 0 saturated carbocycles. The first-order valence-corrected chi connectivity index (χ1v) is 6.49. The molecule has 5 nitrogen and oxygen atoms in total. The van der Waals surface area contributed by atoms with Gasteiger partial charge in [-0.2, -0.15) is 0 Å². The summed E-state index contributed by atoms with van der Waals surface area (Å²) in [7, 11) is 0. The number of hydrogen-bond donors (Lipinski definition) is 3. The number of carbonyl (C=O) groups is 2. The summed E-state index contributed by atoms with van der Waals surface area (Å²) in [5.41, 5.74) is -0.374. The van der Waals surface area contributed by atoms with Crippen molar-refractivity contribution in [1.82, 2.24) is 16.0 Å². The molecule has 2 unspecified atom stereocenters. The molecule has 0 aliphatic carbocycles. The molecule has 2 rings (SSSR count). The second-order valence-corrected chi connectivity index (χ2v) is 4.98. The molecule has 2 atom stereocenters. The number of carbonyl (C=O) groups excluding carboxylic acids is 2. The van der Waals surface area contributed by atoms with Crippen molar-refractivity contribution in [3.63, 3.8) is 0 Å². The average Bonchev–Trinajstić information content (AvgIpc) is 2.82. The Bertz CT molecular complexity index is 306. The van der Waals surface area contributed by atoms with Crippen molar-refractivity contribution >= 4 is 24.2 Å². The van der Waals surface area contributed by atoms with Crippen LogP contribution in [0.4, 0.5) is 0 Å². The van der Waals surface area contributed by atoms with Gasteiger partial charge in [-0.3, -0.25) is 9.59 Å². The third kappa shape index (κ3) is 3.14. The van der Waals surface area contributed by atoms with Crippen LogP contribution in [0.15, 0.2) is 0 Å². The monoisotopic (exact) mass is 275 g/mol. The summed E-state index contributed by atoms with van der Waals surface area (Å²) in [6, 6.07) is 0.0889. The topological polar surface area (TPSA) is 70.2 Å². The normalized spacial score (nSPS) is 31.4. The summed E-state index contributed by atoms with van der Waals surface area (Å²) in [5, 5.41) is 9.16. The molecular formula is C12H22ClN3O2. The van der Waals surface area contributed by atoms with Crippen molar-refractivity contribution in [1.29, 1.82) is 0 Å². The van der Waals surface area contributed by atoms with Crippen LogP contribution in [0.2, 0.25) is 0 Å². The van der Waals surface area contributed by atoms with Crippen molar-refractivity contribution in [2.75, 3.05) is 13.1 Å². The standard InChI is InChI=1S/C12H21N3O2.ClH/c1-2-12(6-3-7-14-12)11(17)15-9-4-5-10(16)13-8-9;/h9,14H,2-8H2,1H3,(H,13,16)(H,15,17);1H. The van der Waals surface area contributed by atoms with Crippen LogP contribution in [-0.2, 0) is 9.59 Å². The van der Waals surface area contributed by atoms with Gasteiger partial charge in [0.1, 0.15) is 0 Å². The predicted molar refractivity (Wildman–Crippen MR) is 71.7 cm³/mol. The molecule has 104 valence electrons. The summed E-state index contributed by atoms with van der Waals surface area (Å²) in [6.07, 6.45) is 4.05. The fraction of sp³-hybridized carbons (Fsp3) is 0.833. The second-order valence-electron chi connectivity index (χ2n) is 4.98. The molecule has 2 aliphatic rings. The molecular weight excluding hydrogens is 254 g/mol. The highest BCUT2D eigenvalue weighted by molar-refractivity contribution is 5.87. The van der Waals surface area contributed by atoms with Crippen LogP contribution in [0.1, 0.15) is 39.0 Å². The van der Waals surface area contributed by atoms with E-state index in [1.54, 1.807) is 0 Å². The molecule has 0 spiro atoms. The van der Waals surface area contributed by atoms with Gasteiger partial charge in [0, 0.05) is 19.0 Å². The first-order valence-electron chi connectivity index (χ1n) is 6.49. The van der Waals surface area contributed by atoms with E-state index in [0.29, 0.717) is 13.0 Å². The molecule has 3 N–H and O–H groups in total. The predicted octanol–water partition coefficient (Wildman–Crippen LogP) is 0.335. The van der Waals surface area contributed by atoms with Gasteiger partial charge in [-0.1, -0.05) is 6.92 Å². The van der Waals surface area contributed by atoms with E-state index in [4.69, 9.17) is 0 Å². The Kier molecular flexibility index (Phi) is 5.41. The SMILES string of the molecule is CCC1(C(=O)NC2CCC(=O)NC2)CCCN1.Cl. The first-order chi connectivity index (χ1) is 8.16. The lowest BCUT2D eigenvalue weighted by molar-refractivity contribution is -0.129. The number of amides is 2. The highest BCUT2D eigenvalue weighted by atomic mass is 35.5.